The molecule has 0 aliphatic carbocycles. The van der Waals surface area contributed by atoms with Gasteiger partial charge in [-0.2, -0.15) is 0 Å². The molecule has 0 fully saturated rings. The monoisotopic (exact) mass is 234 g/mol. The van der Waals surface area contributed by atoms with Gasteiger partial charge in [0.25, 0.3) is 0 Å². The van der Waals surface area contributed by atoms with Crippen LogP contribution in [0.25, 0.3) is 0 Å². The van der Waals surface area contributed by atoms with Crippen molar-refractivity contribution in [2.24, 2.45) is 0 Å². The van der Waals surface area contributed by atoms with Crippen LogP contribution in [0.1, 0.15) is 11.7 Å². The predicted molar refractivity (Wildman–Crippen MR) is 52.9 cm³/mol. The number of rotatable bonds is 0. The Morgan fingerprint density at radius 2 is 1.86 bits per heavy atom. The highest BCUT2D eigenvalue weighted by Crippen LogP contribution is 2.37. The number of ether oxygens (including phenoxy) is 1. The van der Waals surface area contributed by atoms with Crippen molar-refractivity contribution in [3.8, 4) is 5.75 Å². The zero-order valence-electron chi connectivity index (χ0n) is 7.08. The molecule has 3 nitrogen and oxygen atoms in total. The van der Waals surface area contributed by atoms with Gasteiger partial charge < -0.3 is 14.9 Å². The molecule has 0 bridgehead atoms. The van der Waals surface area contributed by atoms with Crippen LogP contribution in [0.3, 0.4) is 0 Å². The fourth-order valence-corrected chi connectivity index (χ4v) is 1.70. The normalized spacial score (nSPS) is 25.4. The number of benzene rings is 1. The summed E-state index contributed by atoms with van der Waals surface area (Å²) in [6.45, 7) is 0.0616. The standard InChI is InChI=1S/C9H8Cl2O3/c10-5-1-4-8(2-6(5)11)14-3-7(12)9(4)13/h1-2,7,9,12-13H,3H2/t7-,9+/m0/s1. The summed E-state index contributed by atoms with van der Waals surface area (Å²) >= 11 is 11.6. The van der Waals surface area contributed by atoms with Crippen molar-refractivity contribution in [3.63, 3.8) is 0 Å². The van der Waals surface area contributed by atoms with Crippen LogP contribution < -0.4 is 4.74 Å². The molecule has 1 aromatic carbocycles. The van der Waals surface area contributed by atoms with Gasteiger partial charge in [-0.05, 0) is 6.07 Å². The first-order valence-corrected chi connectivity index (χ1v) is 4.83. The highest BCUT2D eigenvalue weighted by atomic mass is 35.5. The fraction of sp³-hybridized carbons (Fsp3) is 0.333. The van der Waals surface area contributed by atoms with Gasteiger partial charge in [0.15, 0.2) is 0 Å². The molecule has 5 heteroatoms. The summed E-state index contributed by atoms with van der Waals surface area (Å²) in [4.78, 5) is 0. The minimum Gasteiger partial charge on any atom is -0.490 e. The predicted octanol–water partition coefficient (Wildman–Crippen LogP) is 1.78. The zero-order chi connectivity index (χ0) is 10.3. The van der Waals surface area contributed by atoms with Crippen molar-refractivity contribution >= 4 is 23.2 Å². The summed E-state index contributed by atoms with van der Waals surface area (Å²) in [6, 6.07) is 3.04. The van der Waals surface area contributed by atoms with E-state index in [1.807, 2.05) is 0 Å². The quantitative estimate of drug-likeness (QED) is 0.720. The van der Waals surface area contributed by atoms with Crippen LogP contribution in [0.2, 0.25) is 10.0 Å². The number of hydrogen-bond acceptors (Lipinski definition) is 3. The molecule has 2 atom stereocenters. The third kappa shape index (κ3) is 1.57. The Kier molecular flexibility index (Phi) is 2.58. The van der Waals surface area contributed by atoms with E-state index in [0.29, 0.717) is 21.4 Å². The molecule has 76 valence electrons. The van der Waals surface area contributed by atoms with Gasteiger partial charge in [-0.15, -0.1) is 0 Å². The van der Waals surface area contributed by atoms with Crippen molar-refractivity contribution in [1.82, 2.24) is 0 Å². The lowest BCUT2D eigenvalue weighted by molar-refractivity contribution is -0.0255. The van der Waals surface area contributed by atoms with Crippen molar-refractivity contribution in [2.45, 2.75) is 12.2 Å². The molecular formula is C9H8Cl2O3. The van der Waals surface area contributed by atoms with Crippen LogP contribution in [0, 0.1) is 0 Å². The average molecular weight is 235 g/mol. The van der Waals surface area contributed by atoms with Gasteiger partial charge in [-0.3, -0.25) is 0 Å². The van der Waals surface area contributed by atoms with Gasteiger partial charge in [0, 0.05) is 11.6 Å². The molecule has 0 amide bonds. The van der Waals surface area contributed by atoms with Crippen molar-refractivity contribution < 1.29 is 14.9 Å². The van der Waals surface area contributed by atoms with E-state index in [2.05, 4.69) is 0 Å². The molecule has 0 unspecified atom stereocenters. The number of hydrogen-bond donors (Lipinski definition) is 2. The van der Waals surface area contributed by atoms with Crippen LogP contribution in [-0.4, -0.2) is 22.9 Å². The Balaban J connectivity index is 2.50. The maximum Gasteiger partial charge on any atom is 0.126 e. The molecule has 14 heavy (non-hydrogen) atoms. The largest absolute Gasteiger partial charge is 0.490 e. The highest BCUT2D eigenvalue weighted by molar-refractivity contribution is 6.42. The van der Waals surface area contributed by atoms with E-state index < -0.39 is 12.2 Å². The van der Waals surface area contributed by atoms with E-state index in [1.165, 1.54) is 12.1 Å². The average Bonchev–Trinajstić information content (AvgIpc) is 2.15. The molecule has 0 saturated heterocycles. The summed E-state index contributed by atoms with van der Waals surface area (Å²) in [5.41, 5.74) is 0.471. The first kappa shape index (κ1) is 10.1. The first-order chi connectivity index (χ1) is 6.59. The molecule has 0 spiro atoms. The lowest BCUT2D eigenvalue weighted by Crippen LogP contribution is -2.30. The van der Waals surface area contributed by atoms with Gasteiger partial charge >= 0.3 is 0 Å². The molecule has 0 aromatic heterocycles. The molecular weight excluding hydrogens is 227 g/mol. The second kappa shape index (κ2) is 3.59. The Morgan fingerprint density at radius 3 is 2.57 bits per heavy atom. The lowest BCUT2D eigenvalue weighted by Gasteiger charge is -2.27. The van der Waals surface area contributed by atoms with E-state index in [4.69, 9.17) is 27.9 Å². The fourth-order valence-electron chi connectivity index (χ4n) is 1.37. The van der Waals surface area contributed by atoms with E-state index in [-0.39, 0.29) is 6.61 Å². The SMILES string of the molecule is O[C@@H]1c2cc(Cl)c(Cl)cc2OC[C@@H]1O. The van der Waals surface area contributed by atoms with Crippen molar-refractivity contribution in [2.75, 3.05) is 6.61 Å². The third-order valence-corrected chi connectivity index (χ3v) is 2.87. The van der Waals surface area contributed by atoms with E-state index in [1.54, 1.807) is 0 Å². The van der Waals surface area contributed by atoms with E-state index in [0.717, 1.165) is 0 Å². The highest BCUT2D eigenvalue weighted by Gasteiger charge is 2.28. The molecule has 1 heterocycles. The van der Waals surface area contributed by atoms with Crippen LogP contribution in [0.5, 0.6) is 5.75 Å². The summed E-state index contributed by atoms with van der Waals surface area (Å²) in [5.74, 6) is 0.470. The Bertz CT molecular complexity index is 367. The molecule has 2 rings (SSSR count). The molecule has 1 aromatic rings. The summed E-state index contributed by atoms with van der Waals surface area (Å²) in [6.07, 6.45) is -1.88. The van der Waals surface area contributed by atoms with Crippen LogP contribution >= 0.6 is 23.2 Å². The molecule has 1 aliphatic rings. The molecule has 1 aliphatic heterocycles. The third-order valence-electron chi connectivity index (χ3n) is 2.15. The van der Waals surface area contributed by atoms with Crippen molar-refractivity contribution in [1.29, 1.82) is 0 Å². The zero-order valence-corrected chi connectivity index (χ0v) is 8.59. The Labute approximate surface area is 90.8 Å². The Morgan fingerprint density at radius 1 is 1.21 bits per heavy atom. The van der Waals surface area contributed by atoms with Crippen LogP contribution in [0.15, 0.2) is 12.1 Å². The second-order valence-corrected chi connectivity index (χ2v) is 3.94. The maximum atomic E-state index is 9.61. The lowest BCUT2D eigenvalue weighted by atomic mass is 10.0. The van der Waals surface area contributed by atoms with Gasteiger partial charge in [-0.25, -0.2) is 0 Å². The van der Waals surface area contributed by atoms with Gasteiger partial charge in [0.2, 0.25) is 0 Å². The smallest absolute Gasteiger partial charge is 0.126 e. The summed E-state index contributed by atoms with van der Waals surface area (Å²) < 4.78 is 5.19. The number of aliphatic hydroxyl groups is 2. The van der Waals surface area contributed by atoms with Crippen LogP contribution in [0.4, 0.5) is 0 Å². The number of fused-ring (bicyclic) bond motifs is 1. The first-order valence-electron chi connectivity index (χ1n) is 4.07. The van der Waals surface area contributed by atoms with E-state index in [9.17, 15) is 10.2 Å². The van der Waals surface area contributed by atoms with Crippen LogP contribution in [-0.2, 0) is 0 Å². The minimum atomic E-state index is -0.964. The summed E-state index contributed by atoms with van der Waals surface area (Å²) in [7, 11) is 0. The summed E-state index contributed by atoms with van der Waals surface area (Å²) in [5, 5.41) is 19.7. The Hall–Kier alpha value is -0.480. The topological polar surface area (TPSA) is 49.7 Å². The second-order valence-electron chi connectivity index (χ2n) is 3.13. The van der Waals surface area contributed by atoms with Crippen molar-refractivity contribution in [3.05, 3.63) is 27.7 Å². The number of aliphatic hydroxyl groups excluding tert-OH is 2. The van der Waals surface area contributed by atoms with Gasteiger partial charge in [-0.1, -0.05) is 23.2 Å². The molecule has 0 saturated carbocycles. The van der Waals surface area contributed by atoms with Gasteiger partial charge in [0.05, 0.1) is 10.0 Å². The molecule has 0 radical (unpaired) electrons. The maximum absolute atomic E-state index is 9.61. The van der Waals surface area contributed by atoms with E-state index >= 15 is 0 Å². The molecule has 2 N–H and O–H groups in total. The minimum absolute atomic E-state index is 0.0616. The van der Waals surface area contributed by atoms with Gasteiger partial charge in [0.1, 0.15) is 24.6 Å². The number of halogens is 2.